The molecule has 17 heavy (non-hydrogen) atoms. The average molecular weight is 300 g/mol. The maximum absolute atomic E-state index is 5.67. The molecule has 0 fully saturated rings. The summed E-state index contributed by atoms with van der Waals surface area (Å²) in [5.41, 5.74) is 0. The first-order valence-electron chi connectivity index (χ1n) is 6.38. The standard InChI is InChI=1S/C14H22BrNO/c1-3-6-13(4-2)16-9-10-17-14-8-5-7-12(15)11-14/h5,7-8,11,13,16H,3-4,6,9-10H2,1-2H3. The first-order chi connectivity index (χ1) is 8.26. The van der Waals surface area contributed by atoms with Crippen molar-refractivity contribution in [2.24, 2.45) is 0 Å². The zero-order valence-electron chi connectivity index (χ0n) is 10.7. The molecule has 1 aromatic carbocycles. The van der Waals surface area contributed by atoms with E-state index in [2.05, 4.69) is 35.1 Å². The number of halogens is 1. The van der Waals surface area contributed by atoms with Crippen molar-refractivity contribution >= 4 is 15.9 Å². The van der Waals surface area contributed by atoms with Crippen molar-refractivity contribution in [2.75, 3.05) is 13.2 Å². The first-order valence-corrected chi connectivity index (χ1v) is 7.17. The van der Waals surface area contributed by atoms with Crippen LogP contribution in [0.3, 0.4) is 0 Å². The van der Waals surface area contributed by atoms with Crippen LogP contribution in [0.1, 0.15) is 33.1 Å². The van der Waals surface area contributed by atoms with Crippen LogP contribution < -0.4 is 10.1 Å². The summed E-state index contributed by atoms with van der Waals surface area (Å²) in [7, 11) is 0. The van der Waals surface area contributed by atoms with Gasteiger partial charge in [-0.05, 0) is 31.0 Å². The lowest BCUT2D eigenvalue weighted by Gasteiger charge is -2.16. The van der Waals surface area contributed by atoms with Gasteiger partial charge in [0.2, 0.25) is 0 Å². The third-order valence-electron chi connectivity index (χ3n) is 2.73. The van der Waals surface area contributed by atoms with Gasteiger partial charge >= 0.3 is 0 Å². The molecule has 0 spiro atoms. The summed E-state index contributed by atoms with van der Waals surface area (Å²) in [5.74, 6) is 0.921. The summed E-state index contributed by atoms with van der Waals surface area (Å²) >= 11 is 3.43. The van der Waals surface area contributed by atoms with Crippen LogP contribution in [0.5, 0.6) is 5.75 Å². The van der Waals surface area contributed by atoms with Gasteiger partial charge in [-0.3, -0.25) is 0 Å². The maximum Gasteiger partial charge on any atom is 0.120 e. The van der Waals surface area contributed by atoms with Gasteiger partial charge in [0, 0.05) is 17.1 Å². The van der Waals surface area contributed by atoms with E-state index in [1.165, 1.54) is 19.3 Å². The summed E-state index contributed by atoms with van der Waals surface area (Å²) < 4.78 is 6.72. The van der Waals surface area contributed by atoms with E-state index in [1.54, 1.807) is 0 Å². The Kier molecular flexibility index (Phi) is 7.29. The van der Waals surface area contributed by atoms with Gasteiger partial charge in [0.05, 0.1) is 0 Å². The fourth-order valence-corrected chi connectivity index (χ4v) is 2.17. The minimum Gasteiger partial charge on any atom is -0.492 e. The third-order valence-corrected chi connectivity index (χ3v) is 3.22. The van der Waals surface area contributed by atoms with Gasteiger partial charge in [0.25, 0.3) is 0 Å². The summed E-state index contributed by atoms with van der Waals surface area (Å²) in [6.07, 6.45) is 3.66. The van der Waals surface area contributed by atoms with E-state index in [-0.39, 0.29) is 0 Å². The number of ether oxygens (including phenoxy) is 1. The fraction of sp³-hybridized carbons (Fsp3) is 0.571. The molecule has 1 aromatic rings. The molecule has 0 aliphatic rings. The zero-order chi connectivity index (χ0) is 12.5. The molecule has 1 N–H and O–H groups in total. The highest BCUT2D eigenvalue weighted by Crippen LogP contribution is 2.17. The third kappa shape index (κ3) is 6.08. The Bertz CT molecular complexity index is 317. The molecule has 1 atom stereocenters. The lowest BCUT2D eigenvalue weighted by molar-refractivity contribution is 0.300. The second-order valence-electron chi connectivity index (χ2n) is 4.15. The van der Waals surface area contributed by atoms with Gasteiger partial charge in [0.15, 0.2) is 0 Å². The molecule has 1 unspecified atom stereocenters. The minimum absolute atomic E-state index is 0.631. The second kappa shape index (κ2) is 8.54. The Morgan fingerprint density at radius 2 is 2.18 bits per heavy atom. The average Bonchev–Trinajstić information content (AvgIpc) is 2.33. The summed E-state index contributed by atoms with van der Waals surface area (Å²) in [6, 6.07) is 8.58. The number of rotatable bonds is 8. The number of benzene rings is 1. The highest BCUT2D eigenvalue weighted by molar-refractivity contribution is 9.10. The molecular weight excluding hydrogens is 278 g/mol. The summed E-state index contributed by atoms with van der Waals surface area (Å²) in [5, 5.41) is 3.52. The van der Waals surface area contributed by atoms with Gasteiger partial charge in [-0.2, -0.15) is 0 Å². The molecule has 1 rings (SSSR count). The molecule has 0 saturated heterocycles. The lowest BCUT2D eigenvalue weighted by atomic mass is 10.1. The molecule has 0 radical (unpaired) electrons. The van der Waals surface area contributed by atoms with Crippen molar-refractivity contribution in [1.82, 2.24) is 5.32 Å². The molecule has 2 nitrogen and oxygen atoms in total. The first kappa shape index (κ1) is 14.5. The molecule has 0 heterocycles. The van der Waals surface area contributed by atoms with Crippen molar-refractivity contribution in [2.45, 2.75) is 39.2 Å². The van der Waals surface area contributed by atoms with Gasteiger partial charge in [0.1, 0.15) is 12.4 Å². The highest BCUT2D eigenvalue weighted by atomic mass is 79.9. The quantitative estimate of drug-likeness (QED) is 0.733. The Balaban J connectivity index is 2.19. The van der Waals surface area contributed by atoms with Crippen LogP contribution in [0.15, 0.2) is 28.7 Å². The van der Waals surface area contributed by atoms with Crippen LogP contribution in [0.2, 0.25) is 0 Å². The van der Waals surface area contributed by atoms with Crippen LogP contribution in [0.25, 0.3) is 0 Å². The van der Waals surface area contributed by atoms with Gasteiger partial charge < -0.3 is 10.1 Å². The molecule has 96 valence electrons. The van der Waals surface area contributed by atoms with E-state index in [0.717, 1.165) is 23.4 Å². The fourth-order valence-electron chi connectivity index (χ4n) is 1.79. The van der Waals surface area contributed by atoms with Crippen molar-refractivity contribution in [3.05, 3.63) is 28.7 Å². The topological polar surface area (TPSA) is 21.3 Å². The molecule has 0 saturated carbocycles. The number of nitrogens with one attached hydrogen (secondary N) is 1. The molecule has 3 heteroatoms. The molecule has 0 amide bonds. The van der Waals surface area contributed by atoms with Gasteiger partial charge in [-0.15, -0.1) is 0 Å². The van der Waals surface area contributed by atoms with Gasteiger partial charge in [-0.25, -0.2) is 0 Å². The highest BCUT2D eigenvalue weighted by Gasteiger charge is 2.03. The Morgan fingerprint density at radius 3 is 2.82 bits per heavy atom. The lowest BCUT2D eigenvalue weighted by Crippen LogP contribution is -2.31. The Labute approximate surface area is 113 Å². The maximum atomic E-state index is 5.67. The molecule has 0 bridgehead atoms. The van der Waals surface area contributed by atoms with Crippen molar-refractivity contribution in [1.29, 1.82) is 0 Å². The Morgan fingerprint density at radius 1 is 1.35 bits per heavy atom. The second-order valence-corrected chi connectivity index (χ2v) is 5.07. The summed E-state index contributed by atoms with van der Waals surface area (Å²) in [4.78, 5) is 0. The van der Waals surface area contributed by atoms with E-state index in [9.17, 15) is 0 Å². The van der Waals surface area contributed by atoms with E-state index >= 15 is 0 Å². The van der Waals surface area contributed by atoms with E-state index in [4.69, 9.17) is 4.74 Å². The predicted octanol–water partition coefficient (Wildman–Crippen LogP) is 4.00. The zero-order valence-corrected chi connectivity index (χ0v) is 12.3. The molecule has 0 aliphatic heterocycles. The predicted molar refractivity (Wildman–Crippen MR) is 76.6 cm³/mol. The van der Waals surface area contributed by atoms with Crippen LogP contribution >= 0.6 is 15.9 Å². The van der Waals surface area contributed by atoms with Crippen molar-refractivity contribution in [3.63, 3.8) is 0 Å². The van der Waals surface area contributed by atoms with Crippen LogP contribution in [-0.2, 0) is 0 Å². The number of hydrogen-bond donors (Lipinski definition) is 1. The number of hydrogen-bond acceptors (Lipinski definition) is 2. The van der Waals surface area contributed by atoms with Crippen LogP contribution in [0.4, 0.5) is 0 Å². The van der Waals surface area contributed by atoms with E-state index in [0.29, 0.717) is 6.04 Å². The largest absolute Gasteiger partial charge is 0.492 e. The summed E-state index contributed by atoms with van der Waals surface area (Å²) in [6.45, 7) is 6.08. The van der Waals surface area contributed by atoms with Crippen molar-refractivity contribution < 1.29 is 4.74 Å². The minimum atomic E-state index is 0.631. The molecule has 0 aliphatic carbocycles. The SMILES string of the molecule is CCCC(CC)NCCOc1cccc(Br)c1. The molecular formula is C14H22BrNO. The van der Waals surface area contributed by atoms with Crippen LogP contribution in [-0.4, -0.2) is 19.2 Å². The monoisotopic (exact) mass is 299 g/mol. The normalized spacial score (nSPS) is 12.4. The van der Waals surface area contributed by atoms with E-state index < -0.39 is 0 Å². The van der Waals surface area contributed by atoms with E-state index in [1.807, 2.05) is 24.3 Å². The Hall–Kier alpha value is -0.540. The van der Waals surface area contributed by atoms with Gasteiger partial charge in [-0.1, -0.05) is 42.3 Å². The smallest absolute Gasteiger partial charge is 0.120 e. The van der Waals surface area contributed by atoms with Crippen molar-refractivity contribution in [3.8, 4) is 5.75 Å². The molecule has 0 aromatic heterocycles. The van der Waals surface area contributed by atoms with Crippen LogP contribution in [0, 0.1) is 0 Å².